The second-order valence-corrected chi connectivity index (χ2v) is 8.86. The first-order valence-corrected chi connectivity index (χ1v) is 11.4. The van der Waals surface area contributed by atoms with Crippen LogP contribution in [0.25, 0.3) is 0 Å². The van der Waals surface area contributed by atoms with Gasteiger partial charge in [-0.2, -0.15) is 0 Å². The lowest BCUT2D eigenvalue weighted by Crippen LogP contribution is -2.26. The monoisotopic (exact) mass is 435 g/mol. The molecule has 2 N–H and O–H groups in total. The maximum absolute atomic E-state index is 11.5. The van der Waals surface area contributed by atoms with E-state index in [-0.39, 0.29) is 6.54 Å². The Morgan fingerprint density at radius 1 is 1.20 bits per heavy atom. The lowest BCUT2D eigenvalue weighted by atomic mass is 10.1. The summed E-state index contributed by atoms with van der Waals surface area (Å²) in [5, 5.41) is 13.4. The van der Waals surface area contributed by atoms with Crippen LogP contribution < -0.4 is 10.1 Å². The SMILES string of the molecule is C/C(C=O)=C\CC/C(C)=C/COc1ccc([C@H](O)CNC(=O)/C=C/S(C)(=O)=O)cc1. The molecule has 1 rings (SSSR count). The Morgan fingerprint density at radius 2 is 1.87 bits per heavy atom. The number of nitrogens with one attached hydrogen (secondary N) is 1. The largest absolute Gasteiger partial charge is 0.490 e. The molecule has 0 radical (unpaired) electrons. The number of carbonyl (C=O) groups is 2. The summed E-state index contributed by atoms with van der Waals surface area (Å²) in [7, 11) is -3.37. The van der Waals surface area contributed by atoms with Crippen molar-refractivity contribution in [3.05, 3.63) is 64.6 Å². The van der Waals surface area contributed by atoms with Crippen LogP contribution in [0.15, 0.2) is 59.0 Å². The van der Waals surface area contributed by atoms with Crippen LogP contribution in [0.2, 0.25) is 0 Å². The summed E-state index contributed by atoms with van der Waals surface area (Å²) in [6.45, 7) is 4.14. The van der Waals surface area contributed by atoms with Gasteiger partial charge in [0.15, 0.2) is 9.84 Å². The molecule has 1 atom stereocenters. The first kappa shape index (κ1) is 25.3. The molecule has 0 aliphatic heterocycles. The molecule has 0 unspecified atom stereocenters. The topological polar surface area (TPSA) is 110 Å². The lowest BCUT2D eigenvalue weighted by Gasteiger charge is -2.12. The molecule has 0 aliphatic carbocycles. The van der Waals surface area contributed by atoms with Crippen molar-refractivity contribution in [3.63, 3.8) is 0 Å². The molecule has 30 heavy (non-hydrogen) atoms. The van der Waals surface area contributed by atoms with E-state index in [2.05, 4.69) is 5.32 Å². The van der Waals surface area contributed by atoms with Crippen LogP contribution in [0, 0.1) is 0 Å². The molecule has 7 nitrogen and oxygen atoms in total. The van der Waals surface area contributed by atoms with Gasteiger partial charge in [0.25, 0.3) is 0 Å². The van der Waals surface area contributed by atoms with Crippen molar-refractivity contribution in [1.29, 1.82) is 0 Å². The van der Waals surface area contributed by atoms with Crippen molar-refractivity contribution in [2.75, 3.05) is 19.4 Å². The van der Waals surface area contributed by atoms with E-state index in [1.54, 1.807) is 31.2 Å². The Hall–Kier alpha value is -2.71. The number of hydrogen-bond acceptors (Lipinski definition) is 6. The second-order valence-electron chi connectivity index (χ2n) is 6.93. The Morgan fingerprint density at radius 3 is 2.47 bits per heavy atom. The molecule has 164 valence electrons. The van der Waals surface area contributed by atoms with Crippen LogP contribution in [0.3, 0.4) is 0 Å². The highest BCUT2D eigenvalue weighted by atomic mass is 32.2. The van der Waals surface area contributed by atoms with E-state index in [0.29, 0.717) is 17.9 Å². The van der Waals surface area contributed by atoms with Crippen molar-refractivity contribution < 1.29 is 27.9 Å². The molecule has 0 saturated heterocycles. The average Bonchev–Trinajstić information content (AvgIpc) is 2.70. The van der Waals surface area contributed by atoms with E-state index < -0.39 is 21.8 Å². The fourth-order valence-corrected chi connectivity index (χ4v) is 2.67. The number of ether oxygens (including phenoxy) is 1. The molecule has 0 aliphatic rings. The van der Waals surface area contributed by atoms with Crippen LogP contribution in [-0.4, -0.2) is 45.1 Å². The van der Waals surface area contributed by atoms with Crippen LogP contribution in [0.1, 0.15) is 38.4 Å². The van der Waals surface area contributed by atoms with E-state index in [4.69, 9.17) is 4.74 Å². The highest BCUT2D eigenvalue weighted by Crippen LogP contribution is 2.18. The fraction of sp³-hybridized carbons (Fsp3) is 0.364. The van der Waals surface area contributed by atoms with E-state index in [1.807, 2.05) is 19.1 Å². The van der Waals surface area contributed by atoms with Gasteiger partial charge in [0.2, 0.25) is 5.91 Å². The van der Waals surface area contributed by atoms with Crippen molar-refractivity contribution in [2.45, 2.75) is 32.8 Å². The number of carbonyl (C=O) groups excluding carboxylic acids is 2. The quantitative estimate of drug-likeness (QED) is 0.297. The Balaban J connectivity index is 2.45. The van der Waals surface area contributed by atoms with Crippen LogP contribution >= 0.6 is 0 Å². The molecule has 1 aromatic rings. The standard InChI is InChI=1S/C22H29NO6S/c1-17(5-4-6-18(2)16-24)11-13-29-20-9-7-19(8-10-20)21(25)15-23-22(26)12-14-30(3,27)28/h6-12,14,16,21,25H,4-5,13,15H2,1-3H3,(H,23,26)/b14-12+,17-11+,18-6+/t21-/m1/s1. The smallest absolute Gasteiger partial charge is 0.244 e. The number of aldehydes is 1. The number of hydrogen-bond donors (Lipinski definition) is 2. The van der Waals surface area contributed by atoms with Gasteiger partial charge in [0.1, 0.15) is 18.6 Å². The van der Waals surface area contributed by atoms with Gasteiger partial charge in [-0.25, -0.2) is 8.42 Å². The molecular weight excluding hydrogens is 406 g/mol. The molecule has 0 heterocycles. The Kier molecular flexibility index (Phi) is 10.8. The number of aliphatic hydroxyl groups is 1. The molecule has 8 heteroatoms. The maximum atomic E-state index is 11.5. The molecule has 0 spiro atoms. The molecule has 0 aromatic heterocycles. The van der Waals surface area contributed by atoms with Crippen LogP contribution in [0.5, 0.6) is 5.75 Å². The molecule has 1 amide bonds. The predicted octanol–water partition coefficient (Wildman–Crippen LogP) is 2.65. The van der Waals surface area contributed by atoms with E-state index in [9.17, 15) is 23.1 Å². The summed E-state index contributed by atoms with van der Waals surface area (Å²) < 4.78 is 27.6. The molecule has 0 fully saturated rings. The minimum atomic E-state index is -3.37. The summed E-state index contributed by atoms with van der Waals surface area (Å²) >= 11 is 0. The van der Waals surface area contributed by atoms with Gasteiger partial charge in [-0.3, -0.25) is 9.59 Å². The number of amides is 1. The normalized spacial score (nSPS) is 13.9. The van der Waals surface area contributed by atoms with Crippen LogP contribution in [-0.2, 0) is 19.4 Å². The van der Waals surface area contributed by atoms with E-state index in [0.717, 1.165) is 48.0 Å². The van der Waals surface area contributed by atoms with Gasteiger partial charge in [-0.1, -0.05) is 23.8 Å². The third-order valence-electron chi connectivity index (χ3n) is 4.07. The van der Waals surface area contributed by atoms with Gasteiger partial charge < -0.3 is 15.2 Å². The number of aliphatic hydroxyl groups excluding tert-OH is 1. The summed E-state index contributed by atoms with van der Waals surface area (Å²) in [6.07, 6.45) is 7.35. The van der Waals surface area contributed by atoms with Crippen molar-refractivity contribution in [1.82, 2.24) is 5.32 Å². The van der Waals surface area contributed by atoms with Gasteiger partial charge in [0.05, 0.1) is 6.10 Å². The van der Waals surface area contributed by atoms with E-state index in [1.165, 1.54) is 0 Å². The van der Waals surface area contributed by atoms with Crippen LogP contribution in [0.4, 0.5) is 0 Å². The zero-order valence-corrected chi connectivity index (χ0v) is 18.3. The number of sulfone groups is 1. The summed E-state index contributed by atoms with van der Waals surface area (Å²) in [5.41, 5.74) is 2.49. The van der Waals surface area contributed by atoms with Gasteiger partial charge in [-0.15, -0.1) is 0 Å². The Labute approximate surface area is 178 Å². The minimum absolute atomic E-state index is 0.0485. The summed E-state index contributed by atoms with van der Waals surface area (Å²) in [4.78, 5) is 22.1. The zero-order valence-electron chi connectivity index (χ0n) is 17.5. The fourth-order valence-electron chi connectivity index (χ4n) is 2.30. The maximum Gasteiger partial charge on any atom is 0.244 e. The number of benzene rings is 1. The molecular formula is C22H29NO6S. The number of rotatable bonds is 12. The van der Waals surface area contributed by atoms with Gasteiger partial charge >= 0.3 is 0 Å². The average molecular weight is 436 g/mol. The summed E-state index contributed by atoms with van der Waals surface area (Å²) in [6, 6.07) is 6.84. The highest BCUT2D eigenvalue weighted by molar-refractivity contribution is 7.93. The zero-order chi connectivity index (χ0) is 22.6. The van der Waals surface area contributed by atoms with Crippen molar-refractivity contribution >= 4 is 22.0 Å². The molecule has 0 saturated carbocycles. The Bertz CT molecular complexity index is 898. The molecule has 1 aromatic carbocycles. The third-order valence-corrected chi connectivity index (χ3v) is 4.70. The van der Waals surface area contributed by atoms with Crippen molar-refractivity contribution in [2.24, 2.45) is 0 Å². The van der Waals surface area contributed by atoms with E-state index >= 15 is 0 Å². The lowest BCUT2D eigenvalue weighted by molar-refractivity contribution is -0.117. The molecule has 0 bridgehead atoms. The first-order valence-electron chi connectivity index (χ1n) is 9.45. The number of allylic oxidation sites excluding steroid dienone is 3. The van der Waals surface area contributed by atoms with Gasteiger partial charge in [0, 0.05) is 24.3 Å². The van der Waals surface area contributed by atoms with Crippen molar-refractivity contribution in [3.8, 4) is 5.75 Å². The highest BCUT2D eigenvalue weighted by Gasteiger charge is 2.09. The third kappa shape index (κ3) is 11.3. The first-order chi connectivity index (χ1) is 14.1. The second kappa shape index (κ2) is 12.8. The van der Waals surface area contributed by atoms with Gasteiger partial charge in [-0.05, 0) is 56.0 Å². The summed E-state index contributed by atoms with van der Waals surface area (Å²) in [5.74, 6) is 0.0465. The predicted molar refractivity (Wildman–Crippen MR) is 117 cm³/mol. The minimum Gasteiger partial charge on any atom is -0.490 e.